The predicted octanol–water partition coefficient (Wildman–Crippen LogP) is 7.52. The summed E-state index contributed by atoms with van der Waals surface area (Å²) in [4.78, 5) is 6.22. The predicted molar refractivity (Wildman–Crippen MR) is 127 cm³/mol. The van der Waals surface area contributed by atoms with Gasteiger partial charge in [0.2, 0.25) is 0 Å². The minimum atomic E-state index is 0.430. The second kappa shape index (κ2) is 8.47. The van der Waals surface area contributed by atoms with Crippen molar-refractivity contribution in [2.45, 2.75) is 25.3 Å². The lowest BCUT2D eigenvalue weighted by atomic mass is 9.89. The smallest absolute Gasteiger partial charge is 0.0510 e. The Bertz CT molecular complexity index is 1140. The molecule has 152 valence electrons. The Morgan fingerprint density at radius 2 is 1.47 bits per heavy atom. The number of fused-ring (bicyclic) bond motifs is 1. The first-order valence-electron chi connectivity index (χ1n) is 10.5. The number of hydrogen-bond donors (Lipinski definition) is 1. The van der Waals surface area contributed by atoms with E-state index in [1.54, 1.807) is 0 Å². The number of aromatic nitrogens is 1. The zero-order chi connectivity index (χ0) is 20.5. The number of likely N-dealkylation sites (tertiary alicyclic amines) is 1. The fourth-order valence-corrected chi connectivity index (χ4v) is 5.43. The van der Waals surface area contributed by atoms with E-state index in [2.05, 4.69) is 64.5 Å². The van der Waals surface area contributed by atoms with Crippen LogP contribution in [0.1, 0.15) is 29.9 Å². The Morgan fingerprint density at radius 3 is 2.20 bits per heavy atom. The van der Waals surface area contributed by atoms with E-state index in [0.717, 1.165) is 48.1 Å². The van der Waals surface area contributed by atoms with E-state index in [0.29, 0.717) is 5.92 Å². The average Bonchev–Trinajstić information content (AvgIpc) is 3.14. The van der Waals surface area contributed by atoms with Crippen molar-refractivity contribution in [2.75, 3.05) is 13.1 Å². The van der Waals surface area contributed by atoms with Crippen LogP contribution in [0.3, 0.4) is 0 Å². The Hall–Kier alpha value is -2.26. The molecule has 0 aliphatic carbocycles. The first-order chi connectivity index (χ1) is 14.7. The van der Waals surface area contributed by atoms with Crippen molar-refractivity contribution in [3.05, 3.63) is 94.0 Å². The number of piperidine rings is 1. The van der Waals surface area contributed by atoms with Crippen LogP contribution >= 0.6 is 23.2 Å². The fourth-order valence-electron chi connectivity index (χ4n) is 4.72. The number of hydrogen-bond acceptors (Lipinski definition) is 1. The number of para-hydroxylation sites is 1. The van der Waals surface area contributed by atoms with Crippen LogP contribution in [-0.2, 0) is 6.54 Å². The van der Waals surface area contributed by atoms with Gasteiger partial charge in [-0.3, -0.25) is 4.90 Å². The third-order valence-corrected chi connectivity index (χ3v) is 6.91. The van der Waals surface area contributed by atoms with Gasteiger partial charge in [0.25, 0.3) is 0 Å². The summed E-state index contributed by atoms with van der Waals surface area (Å²) in [5.74, 6) is 0.430. The highest BCUT2D eigenvalue weighted by Crippen LogP contribution is 2.38. The maximum absolute atomic E-state index is 6.47. The number of H-pyrrole nitrogens is 1. The van der Waals surface area contributed by atoms with Crippen LogP contribution < -0.4 is 0 Å². The van der Waals surface area contributed by atoms with Crippen molar-refractivity contribution < 1.29 is 0 Å². The molecule has 0 spiro atoms. The van der Waals surface area contributed by atoms with Gasteiger partial charge >= 0.3 is 0 Å². The topological polar surface area (TPSA) is 19.0 Å². The minimum Gasteiger partial charge on any atom is -0.354 e. The van der Waals surface area contributed by atoms with Gasteiger partial charge in [-0.25, -0.2) is 0 Å². The van der Waals surface area contributed by atoms with Gasteiger partial charge < -0.3 is 4.98 Å². The maximum atomic E-state index is 6.47. The van der Waals surface area contributed by atoms with Gasteiger partial charge in [-0.05, 0) is 66.7 Å². The Kier molecular flexibility index (Phi) is 5.56. The summed E-state index contributed by atoms with van der Waals surface area (Å²) in [7, 11) is 0. The van der Waals surface area contributed by atoms with E-state index in [1.807, 2.05) is 18.2 Å². The average molecular weight is 435 g/mol. The molecule has 2 nitrogen and oxygen atoms in total. The monoisotopic (exact) mass is 434 g/mol. The zero-order valence-corrected chi connectivity index (χ0v) is 18.3. The van der Waals surface area contributed by atoms with Crippen LogP contribution in [0.4, 0.5) is 0 Å². The first kappa shape index (κ1) is 19.7. The summed E-state index contributed by atoms with van der Waals surface area (Å²) in [5, 5.41) is 2.90. The molecule has 30 heavy (non-hydrogen) atoms. The highest BCUT2D eigenvalue weighted by atomic mass is 35.5. The van der Waals surface area contributed by atoms with Crippen LogP contribution in [-0.4, -0.2) is 23.0 Å². The molecule has 0 atom stereocenters. The molecule has 1 fully saturated rings. The number of aromatic amines is 1. The largest absolute Gasteiger partial charge is 0.354 e. The number of benzene rings is 3. The molecule has 1 aliphatic heterocycles. The summed E-state index contributed by atoms with van der Waals surface area (Å²) in [6, 6.07) is 25.1. The van der Waals surface area contributed by atoms with E-state index >= 15 is 0 Å². The van der Waals surface area contributed by atoms with Gasteiger partial charge in [-0.1, -0.05) is 77.8 Å². The number of nitrogens with zero attached hydrogens (tertiary/aromatic N) is 1. The van der Waals surface area contributed by atoms with Gasteiger partial charge in [0.1, 0.15) is 0 Å². The highest BCUT2D eigenvalue weighted by molar-refractivity contribution is 6.36. The van der Waals surface area contributed by atoms with Crippen LogP contribution in [0.25, 0.3) is 22.2 Å². The molecule has 2 heterocycles. The number of nitrogens with one attached hydrogen (secondary N) is 1. The molecule has 4 aromatic rings. The lowest BCUT2D eigenvalue weighted by Gasteiger charge is -2.33. The van der Waals surface area contributed by atoms with Crippen molar-refractivity contribution in [3.8, 4) is 11.3 Å². The normalized spacial score (nSPS) is 15.7. The van der Waals surface area contributed by atoms with E-state index < -0.39 is 0 Å². The molecule has 3 aromatic carbocycles. The third-order valence-electron chi connectivity index (χ3n) is 6.25. The number of rotatable bonds is 4. The van der Waals surface area contributed by atoms with Gasteiger partial charge in [-0.2, -0.15) is 0 Å². The van der Waals surface area contributed by atoms with E-state index in [1.165, 1.54) is 27.7 Å². The quantitative estimate of drug-likeness (QED) is 0.351. The summed E-state index contributed by atoms with van der Waals surface area (Å²) < 4.78 is 0. The van der Waals surface area contributed by atoms with Gasteiger partial charge in [0, 0.05) is 27.5 Å². The molecule has 0 saturated carbocycles. The van der Waals surface area contributed by atoms with E-state index in [-0.39, 0.29) is 0 Å². The molecular weight excluding hydrogens is 411 g/mol. The summed E-state index contributed by atoms with van der Waals surface area (Å²) in [5.41, 5.74) is 6.17. The Morgan fingerprint density at radius 1 is 0.800 bits per heavy atom. The van der Waals surface area contributed by atoms with Crippen molar-refractivity contribution in [2.24, 2.45) is 0 Å². The zero-order valence-electron chi connectivity index (χ0n) is 16.7. The van der Waals surface area contributed by atoms with Crippen molar-refractivity contribution in [3.63, 3.8) is 0 Å². The molecule has 1 aromatic heterocycles. The van der Waals surface area contributed by atoms with Crippen LogP contribution in [0, 0.1) is 0 Å². The Labute approximate surface area is 187 Å². The second-order valence-electron chi connectivity index (χ2n) is 8.08. The first-order valence-corrected chi connectivity index (χ1v) is 11.3. The maximum Gasteiger partial charge on any atom is 0.0510 e. The Balaban J connectivity index is 1.40. The summed E-state index contributed by atoms with van der Waals surface area (Å²) >= 11 is 12.9. The number of halogens is 2. The molecular formula is C26H24Cl2N2. The lowest BCUT2D eigenvalue weighted by Crippen LogP contribution is -2.32. The molecule has 0 amide bonds. The van der Waals surface area contributed by atoms with Crippen LogP contribution in [0.2, 0.25) is 10.0 Å². The third kappa shape index (κ3) is 3.76. The minimum absolute atomic E-state index is 0.430. The molecule has 4 heteroatoms. The molecule has 1 N–H and O–H groups in total. The lowest BCUT2D eigenvalue weighted by molar-refractivity contribution is 0.205. The van der Waals surface area contributed by atoms with Crippen LogP contribution in [0.5, 0.6) is 0 Å². The van der Waals surface area contributed by atoms with Crippen molar-refractivity contribution in [1.29, 1.82) is 0 Å². The second-order valence-corrected chi connectivity index (χ2v) is 8.89. The van der Waals surface area contributed by atoms with Crippen molar-refractivity contribution >= 4 is 34.1 Å². The van der Waals surface area contributed by atoms with Crippen LogP contribution in [0.15, 0.2) is 72.8 Å². The van der Waals surface area contributed by atoms with Gasteiger partial charge in [0.15, 0.2) is 0 Å². The standard InChI is InChI=1S/C26H24Cl2N2/c27-22-10-6-11-23(28)25(22)18-13-15-30(16-14-18)17-21-20-9-4-5-12-24(20)29-26(21)19-7-2-1-3-8-19/h1-12,18,29H,13-17H2. The van der Waals surface area contributed by atoms with E-state index in [9.17, 15) is 0 Å². The fraction of sp³-hybridized carbons (Fsp3) is 0.231. The molecule has 0 bridgehead atoms. The highest BCUT2D eigenvalue weighted by Gasteiger charge is 2.25. The van der Waals surface area contributed by atoms with Gasteiger partial charge in [-0.15, -0.1) is 0 Å². The molecule has 1 saturated heterocycles. The SMILES string of the molecule is Clc1cccc(Cl)c1C1CCN(Cc2c(-c3ccccc3)[nH]c3ccccc23)CC1. The molecule has 0 radical (unpaired) electrons. The molecule has 1 aliphatic rings. The molecule has 0 unspecified atom stereocenters. The van der Waals surface area contributed by atoms with Gasteiger partial charge in [0.05, 0.1) is 5.69 Å². The van der Waals surface area contributed by atoms with E-state index in [4.69, 9.17) is 23.2 Å². The van der Waals surface area contributed by atoms with Crippen molar-refractivity contribution in [1.82, 2.24) is 9.88 Å². The summed E-state index contributed by atoms with van der Waals surface area (Å²) in [6.07, 6.45) is 2.15. The summed E-state index contributed by atoms with van der Waals surface area (Å²) in [6.45, 7) is 3.02. The molecule has 5 rings (SSSR count).